The summed E-state index contributed by atoms with van der Waals surface area (Å²) in [6, 6.07) is 5.07. The second-order valence-electron chi connectivity index (χ2n) is 5.27. The minimum atomic E-state index is -0.398. The van der Waals surface area contributed by atoms with E-state index in [1.165, 1.54) is 12.1 Å². The van der Waals surface area contributed by atoms with Crippen LogP contribution in [0, 0.1) is 10.1 Å². The van der Waals surface area contributed by atoms with Crippen LogP contribution in [0.3, 0.4) is 0 Å². The monoisotopic (exact) mass is 275 g/mol. The van der Waals surface area contributed by atoms with Crippen molar-refractivity contribution in [2.75, 3.05) is 25.5 Å². The average Bonchev–Trinajstić information content (AvgIpc) is 2.82. The molecule has 3 rings (SSSR count). The molecule has 0 unspecified atom stereocenters. The zero-order valence-corrected chi connectivity index (χ0v) is 11.3. The summed E-state index contributed by atoms with van der Waals surface area (Å²) in [5.41, 5.74) is 1.51. The maximum atomic E-state index is 10.8. The van der Waals surface area contributed by atoms with Crippen molar-refractivity contribution in [3.8, 4) is 0 Å². The first-order chi connectivity index (χ1) is 9.61. The number of piperidine rings is 1. The molecule has 0 spiro atoms. The van der Waals surface area contributed by atoms with E-state index in [1.807, 2.05) is 0 Å². The van der Waals surface area contributed by atoms with Crippen LogP contribution in [0.2, 0.25) is 0 Å². The Hall–Kier alpha value is -2.15. The Morgan fingerprint density at radius 1 is 1.45 bits per heavy atom. The van der Waals surface area contributed by atoms with Crippen LogP contribution in [0.25, 0.3) is 11.0 Å². The molecular formula is C13H17N5O2. The van der Waals surface area contributed by atoms with Crippen molar-refractivity contribution in [1.29, 1.82) is 0 Å². The predicted octanol–water partition coefficient (Wildman–Crippen LogP) is 1.98. The Balaban J connectivity index is 1.77. The van der Waals surface area contributed by atoms with Crippen LogP contribution in [-0.2, 0) is 0 Å². The lowest BCUT2D eigenvalue weighted by Crippen LogP contribution is -2.36. The van der Waals surface area contributed by atoms with Gasteiger partial charge in [0.2, 0.25) is 5.95 Å². The number of H-pyrrole nitrogens is 1. The van der Waals surface area contributed by atoms with Gasteiger partial charge in [-0.1, -0.05) is 0 Å². The molecule has 1 aliphatic rings. The normalized spacial score (nSPS) is 17.4. The Kier molecular flexibility index (Phi) is 3.27. The van der Waals surface area contributed by atoms with Gasteiger partial charge in [0.1, 0.15) is 0 Å². The van der Waals surface area contributed by atoms with E-state index in [0.29, 0.717) is 17.5 Å². The Labute approximate surface area is 116 Å². The second-order valence-corrected chi connectivity index (χ2v) is 5.27. The average molecular weight is 275 g/mol. The third kappa shape index (κ3) is 2.57. The van der Waals surface area contributed by atoms with E-state index in [2.05, 4.69) is 27.2 Å². The fourth-order valence-electron chi connectivity index (χ4n) is 2.53. The Morgan fingerprint density at radius 2 is 2.20 bits per heavy atom. The molecule has 0 aliphatic carbocycles. The minimum Gasteiger partial charge on any atom is -0.353 e. The van der Waals surface area contributed by atoms with Gasteiger partial charge < -0.3 is 15.2 Å². The molecule has 2 heterocycles. The number of anilines is 1. The van der Waals surface area contributed by atoms with Gasteiger partial charge in [0.25, 0.3) is 5.69 Å². The van der Waals surface area contributed by atoms with Crippen molar-refractivity contribution in [1.82, 2.24) is 14.9 Å². The highest BCUT2D eigenvalue weighted by Gasteiger charge is 2.17. The Morgan fingerprint density at radius 3 is 2.90 bits per heavy atom. The van der Waals surface area contributed by atoms with Crippen LogP contribution < -0.4 is 5.32 Å². The molecule has 0 amide bonds. The molecule has 0 radical (unpaired) electrons. The van der Waals surface area contributed by atoms with Crippen LogP contribution in [0.15, 0.2) is 18.2 Å². The van der Waals surface area contributed by atoms with Crippen LogP contribution >= 0.6 is 0 Å². The van der Waals surface area contributed by atoms with Crippen molar-refractivity contribution < 1.29 is 4.92 Å². The number of fused-ring (bicyclic) bond motifs is 1. The van der Waals surface area contributed by atoms with Crippen molar-refractivity contribution in [2.24, 2.45) is 0 Å². The number of likely N-dealkylation sites (tertiary alicyclic amines) is 1. The fraction of sp³-hybridized carbons (Fsp3) is 0.462. The molecule has 7 heteroatoms. The molecule has 106 valence electrons. The van der Waals surface area contributed by atoms with E-state index in [-0.39, 0.29) is 5.69 Å². The maximum Gasteiger partial charge on any atom is 0.271 e. The summed E-state index contributed by atoms with van der Waals surface area (Å²) in [6.45, 7) is 2.15. The SMILES string of the molecule is CN1CCC(Nc2nc3ccc([N+](=O)[O-])cc3[nH]2)CC1. The van der Waals surface area contributed by atoms with Crippen LogP contribution in [0.5, 0.6) is 0 Å². The lowest BCUT2D eigenvalue weighted by Gasteiger charge is -2.29. The van der Waals surface area contributed by atoms with Gasteiger partial charge in [-0.25, -0.2) is 4.98 Å². The highest BCUT2D eigenvalue weighted by atomic mass is 16.6. The van der Waals surface area contributed by atoms with Crippen molar-refractivity contribution in [3.05, 3.63) is 28.3 Å². The fourth-order valence-corrected chi connectivity index (χ4v) is 2.53. The number of aromatic amines is 1. The van der Waals surface area contributed by atoms with Crippen molar-refractivity contribution >= 4 is 22.7 Å². The van der Waals surface area contributed by atoms with E-state index in [1.54, 1.807) is 6.07 Å². The smallest absolute Gasteiger partial charge is 0.271 e. The summed E-state index contributed by atoms with van der Waals surface area (Å²) in [4.78, 5) is 20.2. The quantitative estimate of drug-likeness (QED) is 0.660. The van der Waals surface area contributed by atoms with Crippen molar-refractivity contribution in [3.63, 3.8) is 0 Å². The zero-order chi connectivity index (χ0) is 14.1. The Bertz CT molecular complexity index is 631. The highest BCUT2D eigenvalue weighted by Crippen LogP contribution is 2.21. The van der Waals surface area contributed by atoms with Gasteiger partial charge >= 0.3 is 0 Å². The number of hydrogen-bond donors (Lipinski definition) is 2. The van der Waals surface area contributed by atoms with Gasteiger partial charge in [-0.3, -0.25) is 10.1 Å². The number of nitrogens with zero attached hydrogens (tertiary/aromatic N) is 3. The third-order valence-corrected chi connectivity index (χ3v) is 3.74. The van der Waals surface area contributed by atoms with E-state index < -0.39 is 4.92 Å². The van der Waals surface area contributed by atoms with Gasteiger partial charge in [-0.05, 0) is 39.0 Å². The van der Waals surface area contributed by atoms with Gasteiger partial charge in [-0.2, -0.15) is 0 Å². The first-order valence-electron chi connectivity index (χ1n) is 6.71. The minimum absolute atomic E-state index is 0.0759. The molecular weight excluding hydrogens is 258 g/mol. The first kappa shape index (κ1) is 12.9. The molecule has 20 heavy (non-hydrogen) atoms. The summed E-state index contributed by atoms with van der Waals surface area (Å²) in [6.07, 6.45) is 2.15. The van der Waals surface area contributed by atoms with E-state index >= 15 is 0 Å². The number of non-ortho nitro benzene ring substituents is 1. The van der Waals surface area contributed by atoms with Gasteiger partial charge in [0.05, 0.1) is 16.0 Å². The molecule has 1 aromatic carbocycles. The second kappa shape index (κ2) is 5.09. The summed E-state index contributed by atoms with van der Waals surface area (Å²) < 4.78 is 0. The molecule has 2 aromatic rings. The summed E-state index contributed by atoms with van der Waals surface area (Å²) >= 11 is 0. The highest BCUT2D eigenvalue weighted by molar-refractivity contribution is 5.79. The van der Waals surface area contributed by atoms with Gasteiger partial charge in [-0.15, -0.1) is 0 Å². The standard InChI is InChI=1S/C13H17N5O2/c1-17-6-4-9(5-7-17)14-13-15-11-3-2-10(18(19)20)8-12(11)16-13/h2-3,8-9H,4-7H2,1H3,(H2,14,15,16). The van der Waals surface area contributed by atoms with Gasteiger partial charge in [0, 0.05) is 18.2 Å². The summed E-state index contributed by atoms with van der Waals surface area (Å²) in [7, 11) is 2.12. The number of nitro benzene ring substituents is 1. The molecule has 1 saturated heterocycles. The van der Waals surface area contributed by atoms with E-state index in [4.69, 9.17) is 0 Å². The number of nitro groups is 1. The lowest BCUT2D eigenvalue weighted by atomic mass is 10.1. The van der Waals surface area contributed by atoms with E-state index in [0.717, 1.165) is 31.4 Å². The molecule has 1 aliphatic heterocycles. The van der Waals surface area contributed by atoms with Crippen LogP contribution in [0.1, 0.15) is 12.8 Å². The first-order valence-corrected chi connectivity index (χ1v) is 6.71. The third-order valence-electron chi connectivity index (χ3n) is 3.74. The summed E-state index contributed by atoms with van der Waals surface area (Å²) in [5.74, 6) is 0.690. The molecule has 0 atom stereocenters. The number of benzene rings is 1. The number of nitrogens with one attached hydrogen (secondary N) is 2. The molecule has 1 aromatic heterocycles. The topological polar surface area (TPSA) is 87.1 Å². The predicted molar refractivity (Wildman–Crippen MR) is 76.9 cm³/mol. The summed E-state index contributed by atoms with van der Waals surface area (Å²) in [5, 5.41) is 14.1. The number of aromatic nitrogens is 2. The largest absolute Gasteiger partial charge is 0.353 e. The van der Waals surface area contributed by atoms with Crippen LogP contribution in [-0.4, -0.2) is 46.0 Å². The maximum absolute atomic E-state index is 10.8. The molecule has 1 fully saturated rings. The molecule has 0 saturated carbocycles. The lowest BCUT2D eigenvalue weighted by molar-refractivity contribution is -0.384. The molecule has 7 nitrogen and oxygen atoms in total. The van der Waals surface area contributed by atoms with E-state index in [9.17, 15) is 10.1 Å². The molecule has 2 N–H and O–H groups in total. The van der Waals surface area contributed by atoms with Gasteiger partial charge in [0.15, 0.2) is 0 Å². The molecule has 0 bridgehead atoms. The van der Waals surface area contributed by atoms with Crippen LogP contribution in [0.4, 0.5) is 11.6 Å². The number of imidazole rings is 1. The van der Waals surface area contributed by atoms with Crippen molar-refractivity contribution in [2.45, 2.75) is 18.9 Å². The number of hydrogen-bond acceptors (Lipinski definition) is 5. The zero-order valence-electron chi connectivity index (χ0n) is 11.3. The number of rotatable bonds is 3.